The lowest BCUT2D eigenvalue weighted by atomic mass is 10.1. The van der Waals surface area contributed by atoms with Gasteiger partial charge < -0.3 is 14.7 Å². The largest absolute Gasteiger partial charge is 0.496 e. The maximum absolute atomic E-state index is 12.8. The van der Waals surface area contributed by atoms with Crippen molar-refractivity contribution in [2.24, 2.45) is 5.92 Å². The third-order valence-electron chi connectivity index (χ3n) is 4.92. The normalized spacial score (nSPS) is 28.5. The molecule has 1 heterocycles. The molecular formula is C18H25NO3. The van der Waals surface area contributed by atoms with E-state index in [0.29, 0.717) is 6.42 Å². The Labute approximate surface area is 132 Å². The van der Waals surface area contributed by atoms with E-state index >= 15 is 0 Å². The van der Waals surface area contributed by atoms with E-state index in [2.05, 4.69) is 6.07 Å². The molecule has 1 amide bonds. The molecule has 4 heteroatoms. The minimum Gasteiger partial charge on any atom is -0.496 e. The first-order chi connectivity index (χ1) is 10.6. The Morgan fingerprint density at radius 2 is 2.23 bits per heavy atom. The van der Waals surface area contributed by atoms with Crippen LogP contribution in [0.3, 0.4) is 0 Å². The SMILES string of the molecule is COc1ccccc1C1CC1C(=O)N1CCCC1CC(C)O. The average Bonchev–Trinajstić information content (AvgIpc) is 3.18. The quantitative estimate of drug-likeness (QED) is 0.909. The number of carbonyl (C=O) groups is 1. The molecule has 1 aromatic rings. The maximum Gasteiger partial charge on any atom is 0.226 e. The predicted octanol–water partition coefficient (Wildman–Crippen LogP) is 2.56. The summed E-state index contributed by atoms with van der Waals surface area (Å²) in [6.07, 6.45) is 3.33. The van der Waals surface area contributed by atoms with E-state index in [0.717, 1.165) is 37.1 Å². The molecule has 2 aliphatic rings. The van der Waals surface area contributed by atoms with Crippen LogP contribution in [-0.2, 0) is 4.79 Å². The van der Waals surface area contributed by atoms with E-state index < -0.39 is 0 Å². The van der Waals surface area contributed by atoms with Crippen LogP contribution in [0.5, 0.6) is 5.75 Å². The van der Waals surface area contributed by atoms with Gasteiger partial charge in [-0.1, -0.05) is 18.2 Å². The molecule has 4 atom stereocenters. The van der Waals surface area contributed by atoms with Crippen molar-refractivity contribution in [2.45, 2.75) is 50.7 Å². The molecule has 1 saturated heterocycles. The van der Waals surface area contributed by atoms with Gasteiger partial charge in [-0.2, -0.15) is 0 Å². The number of likely N-dealkylation sites (tertiary alicyclic amines) is 1. The van der Waals surface area contributed by atoms with Crippen LogP contribution in [-0.4, -0.2) is 41.7 Å². The second kappa shape index (κ2) is 6.29. The van der Waals surface area contributed by atoms with Gasteiger partial charge in [-0.3, -0.25) is 4.79 Å². The number of para-hydroxylation sites is 1. The number of ether oxygens (including phenoxy) is 1. The molecule has 22 heavy (non-hydrogen) atoms. The van der Waals surface area contributed by atoms with Crippen LogP contribution < -0.4 is 4.74 Å². The fourth-order valence-electron chi connectivity index (χ4n) is 3.76. The number of amides is 1. The van der Waals surface area contributed by atoms with E-state index in [-0.39, 0.29) is 29.9 Å². The Bertz CT molecular complexity index is 543. The minimum absolute atomic E-state index is 0.0888. The third kappa shape index (κ3) is 2.98. The summed E-state index contributed by atoms with van der Waals surface area (Å²) in [5.41, 5.74) is 1.15. The molecule has 0 bridgehead atoms. The van der Waals surface area contributed by atoms with Gasteiger partial charge in [-0.25, -0.2) is 0 Å². The molecule has 1 aliphatic carbocycles. The third-order valence-corrected chi connectivity index (χ3v) is 4.92. The number of nitrogens with zero attached hydrogens (tertiary/aromatic N) is 1. The van der Waals surface area contributed by atoms with Gasteiger partial charge in [0.1, 0.15) is 5.75 Å². The number of hydrogen-bond acceptors (Lipinski definition) is 3. The molecule has 1 saturated carbocycles. The van der Waals surface area contributed by atoms with E-state index in [4.69, 9.17) is 4.74 Å². The van der Waals surface area contributed by atoms with Crippen molar-refractivity contribution in [3.63, 3.8) is 0 Å². The maximum atomic E-state index is 12.8. The number of rotatable bonds is 5. The van der Waals surface area contributed by atoms with Crippen LogP contribution in [0.4, 0.5) is 0 Å². The Hall–Kier alpha value is -1.55. The van der Waals surface area contributed by atoms with Crippen LogP contribution in [0.25, 0.3) is 0 Å². The van der Waals surface area contributed by atoms with E-state index in [1.54, 1.807) is 14.0 Å². The van der Waals surface area contributed by atoms with Crippen molar-refractivity contribution in [2.75, 3.05) is 13.7 Å². The van der Waals surface area contributed by atoms with Crippen molar-refractivity contribution >= 4 is 5.91 Å². The van der Waals surface area contributed by atoms with Crippen molar-refractivity contribution in [3.8, 4) is 5.75 Å². The van der Waals surface area contributed by atoms with Crippen LogP contribution in [0, 0.1) is 5.92 Å². The predicted molar refractivity (Wildman–Crippen MR) is 84.9 cm³/mol. The molecule has 4 unspecified atom stereocenters. The molecule has 0 radical (unpaired) electrons. The molecule has 4 nitrogen and oxygen atoms in total. The van der Waals surface area contributed by atoms with Gasteiger partial charge >= 0.3 is 0 Å². The summed E-state index contributed by atoms with van der Waals surface area (Å²) in [6.45, 7) is 2.64. The summed E-state index contributed by atoms with van der Waals surface area (Å²) in [4.78, 5) is 14.8. The highest BCUT2D eigenvalue weighted by Crippen LogP contribution is 2.51. The molecule has 1 aliphatic heterocycles. The van der Waals surface area contributed by atoms with Gasteiger partial charge in [-0.05, 0) is 50.2 Å². The van der Waals surface area contributed by atoms with Gasteiger partial charge in [0.25, 0.3) is 0 Å². The number of methoxy groups -OCH3 is 1. The zero-order valence-electron chi connectivity index (χ0n) is 13.4. The van der Waals surface area contributed by atoms with Crippen LogP contribution in [0.1, 0.15) is 44.1 Å². The Morgan fingerprint density at radius 1 is 1.45 bits per heavy atom. The topological polar surface area (TPSA) is 49.8 Å². The number of carbonyl (C=O) groups excluding carboxylic acids is 1. The lowest BCUT2D eigenvalue weighted by Crippen LogP contribution is -2.38. The van der Waals surface area contributed by atoms with Crippen molar-refractivity contribution in [1.29, 1.82) is 0 Å². The Morgan fingerprint density at radius 3 is 2.95 bits per heavy atom. The lowest BCUT2D eigenvalue weighted by molar-refractivity contribution is -0.133. The molecule has 0 spiro atoms. The molecule has 1 aromatic carbocycles. The second-order valence-electron chi connectivity index (χ2n) is 6.60. The summed E-state index contributed by atoms with van der Waals surface area (Å²) in [7, 11) is 1.68. The molecule has 2 fully saturated rings. The summed E-state index contributed by atoms with van der Waals surface area (Å²) in [5.74, 6) is 1.52. The molecule has 0 aromatic heterocycles. The fourth-order valence-corrected chi connectivity index (χ4v) is 3.76. The van der Waals surface area contributed by atoms with Crippen molar-refractivity contribution in [3.05, 3.63) is 29.8 Å². The summed E-state index contributed by atoms with van der Waals surface area (Å²) >= 11 is 0. The number of aliphatic hydroxyl groups excluding tert-OH is 1. The molecule has 120 valence electrons. The van der Waals surface area contributed by atoms with E-state index in [9.17, 15) is 9.90 Å². The highest BCUT2D eigenvalue weighted by molar-refractivity contribution is 5.83. The average molecular weight is 303 g/mol. The minimum atomic E-state index is -0.345. The monoisotopic (exact) mass is 303 g/mol. The van der Waals surface area contributed by atoms with Crippen molar-refractivity contribution < 1.29 is 14.6 Å². The van der Waals surface area contributed by atoms with Gasteiger partial charge in [0.15, 0.2) is 0 Å². The van der Waals surface area contributed by atoms with Gasteiger partial charge in [-0.15, -0.1) is 0 Å². The summed E-state index contributed by atoms with van der Waals surface area (Å²) < 4.78 is 5.42. The van der Waals surface area contributed by atoms with Crippen molar-refractivity contribution in [1.82, 2.24) is 4.90 Å². The standard InChI is InChI=1S/C18H25NO3/c1-12(20)10-13-6-5-9-19(13)18(21)16-11-15(16)14-7-3-4-8-17(14)22-2/h3-4,7-8,12-13,15-16,20H,5-6,9-11H2,1-2H3. The highest BCUT2D eigenvalue weighted by atomic mass is 16.5. The second-order valence-corrected chi connectivity index (χ2v) is 6.60. The van der Waals surface area contributed by atoms with Crippen LogP contribution >= 0.6 is 0 Å². The van der Waals surface area contributed by atoms with Gasteiger partial charge in [0.05, 0.1) is 13.2 Å². The number of benzene rings is 1. The van der Waals surface area contributed by atoms with E-state index in [1.807, 2.05) is 23.1 Å². The zero-order chi connectivity index (χ0) is 15.7. The Balaban J connectivity index is 1.67. The number of hydrogen-bond donors (Lipinski definition) is 1. The smallest absolute Gasteiger partial charge is 0.226 e. The number of aliphatic hydroxyl groups is 1. The zero-order valence-corrected chi connectivity index (χ0v) is 13.4. The fraction of sp³-hybridized carbons (Fsp3) is 0.611. The van der Waals surface area contributed by atoms with Crippen LogP contribution in [0.15, 0.2) is 24.3 Å². The first-order valence-electron chi connectivity index (χ1n) is 8.23. The van der Waals surface area contributed by atoms with Crippen LogP contribution in [0.2, 0.25) is 0 Å². The van der Waals surface area contributed by atoms with Gasteiger partial charge in [0, 0.05) is 18.5 Å². The van der Waals surface area contributed by atoms with E-state index in [1.165, 1.54) is 0 Å². The molecule has 3 rings (SSSR count). The summed E-state index contributed by atoms with van der Waals surface area (Å²) in [6, 6.07) is 8.20. The lowest BCUT2D eigenvalue weighted by Gasteiger charge is -2.26. The molecule has 1 N–H and O–H groups in total. The highest BCUT2D eigenvalue weighted by Gasteiger charge is 2.48. The Kier molecular flexibility index (Phi) is 4.39. The molecular weight excluding hydrogens is 278 g/mol. The van der Waals surface area contributed by atoms with Gasteiger partial charge in [0.2, 0.25) is 5.91 Å². The first kappa shape index (κ1) is 15.3. The summed E-state index contributed by atoms with van der Waals surface area (Å²) in [5, 5.41) is 9.61. The first-order valence-corrected chi connectivity index (χ1v) is 8.23.